The van der Waals surface area contributed by atoms with Crippen molar-refractivity contribution in [3.63, 3.8) is 0 Å². The normalized spacial score (nSPS) is 14.8. The molecule has 0 unspecified atom stereocenters. The van der Waals surface area contributed by atoms with Crippen LogP contribution in [0.3, 0.4) is 0 Å². The van der Waals surface area contributed by atoms with Gasteiger partial charge in [0.25, 0.3) is 5.91 Å². The number of esters is 1. The molecule has 0 N–H and O–H groups in total. The first-order valence-electron chi connectivity index (χ1n) is 10.4. The Labute approximate surface area is 213 Å². The van der Waals surface area contributed by atoms with Crippen molar-refractivity contribution in [3.8, 4) is 5.75 Å². The monoisotopic (exact) mass is 523 g/mol. The Morgan fingerprint density at radius 2 is 1.94 bits per heavy atom. The fourth-order valence-corrected chi connectivity index (χ4v) is 4.75. The van der Waals surface area contributed by atoms with E-state index in [2.05, 4.69) is 0 Å². The standard InChI is InChI=1S/C24H23Cl2NO4S2/c1-2-12-30-22(28)4-3-11-27-23(29)21(33-24(27)32)13-16-5-9-19(10-6-16)31-15-17-7-8-18(25)14-20(17)26/h5-10,13-14H,2-4,11-12,15H2,1H3/b21-13-. The molecule has 1 aliphatic rings. The van der Waals surface area contributed by atoms with Crippen molar-refractivity contribution in [3.05, 3.63) is 68.5 Å². The molecule has 0 bridgehead atoms. The van der Waals surface area contributed by atoms with Gasteiger partial charge in [-0.15, -0.1) is 0 Å². The summed E-state index contributed by atoms with van der Waals surface area (Å²) in [6.07, 6.45) is 3.36. The first-order valence-corrected chi connectivity index (χ1v) is 12.4. The van der Waals surface area contributed by atoms with Crippen molar-refractivity contribution in [2.24, 2.45) is 0 Å². The number of hydrogen-bond acceptors (Lipinski definition) is 6. The fourth-order valence-electron chi connectivity index (χ4n) is 2.97. The van der Waals surface area contributed by atoms with E-state index in [-0.39, 0.29) is 18.3 Å². The molecule has 3 rings (SSSR count). The van der Waals surface area contributed by atoms with Gasteiger partial charge >= 0.3 is 5.97 Å². The highest BCUT2D eigenvalue weighted by Gasteiger charge is 2.31. The molecule has 1 aliphatic heterocycles. The summed E-state index contributed by atoms with van der Waals surface area (Å²) in [5.41, 5.74) is 1.70. The van der Waals surface area contributed by atoms with Crippen LogP contribution in [0.1, 0.15) is 37.3 Å². The number of carbonyl (C=O) groups is 2. The summed E-state index contributed by atoms with van der Waals surface area (Å²) in [6.45, 7) is 3.07. The van der Waals surface area contributed by atoms with Crippen molar-refractivity contribution < 1.29 is 19.1 Å². The third kappa shape index (κ3) is 7.47. The van der Waals surface area contributed by atoms with Gasteiger partial charge < -0.3 is 9.47 Å². The SMILES string of the molecule is CCCOC(=O)CCCN1C(=O)/C(=C/c2ccc(OCc3ccc(Cl)cc3Cl)cc2)SC1=S. The van der Waals surface area contributed by atoms with Crippen LogP contribution in [-0.4, -0.2) is 34.2 Å². The lowest BCUT2D eigenvalue weighted by Crippen LogP contribution is -2.29. The highest BCUT2D eigenvalue weighted by molar-refractivity contribution is 8.26. The molecule has 0 aliphatic carbocycles. The van der Waals surface area contributed by atoms with E-state index >= 15 is 0 Å². The zero-order valence-corrected chi connectivity index (χ0v) is 21.2. The Bertz CT molecular complexity index is 1060. The first kappa shape index (κ1) is 25.6. The number of nitrogens with zero attached hydrogens (tertiary/aromatic N) is 1. The third-order valence-electron chi connectivity index (χ3n) is 4.69. The van der Waals surface area contributed by atoms with Gasteiger partial charge in [0.1, 0.15) is 16.7 Å². The second-order valence-corrected chi connectivity index (χ2v) is 9.77. The molecule has 1 fully saturated rings. The van der Waals surface area contributed by atoms with E-state index in [4.69, 9.17) is 44.9 Å². The summed E-state index contributed by atoms with van der Waals surface area (Å²) < 4.78 is 11.3. The molecule has 174 valence electrons. The molecule has 0 spiro atoms. The maximum Gasteiger partial charge on any atom is 0.305 e. The van der Waals surface area contributed by atoms with Crippen molar-refractivity contribution in [1.29, 1.82) is 0 Å². The van der Waals surface area contributed by atoms with Gasteiger partial charge in [0, 0.05) is 28.6 Å². The number of amides is 1. The van der Waals surface area contributed by atoms with E-state index in [1.807, 2.05) is 37.3 Å². The zero-order chi connectivity index (χ0) is 23.8. The van der Waals surface area contributed by atoms with Gasteiger partial charge in [-0.1, -0.05) is 72.3 Å². The lowest BCUT2D eigenvalue weighted by atomic mass is 10.2. The second kappa shape index (κ2) is 12.4. The Kier molecular flexibility index (Phi) is 9.62. The maximum absolute atomic E-state index is 12.7. The summed E-state index contributed by atoms with van der Waals surface area (Å²) in [4.78, 5) is 26.5. The number of benzene rings is 2. The number of hydrogen-bond donors (Lipinski definition) is 0. The molecule has 2 aromatic carbocycles. The van der Waals surface area contributed by atoms with Gasteiger partial charge in [0.2, 0.25) is 0 Å². The van der Waals surface area contributed by atoms with Crippen LogP contribution in [0.25, 0.3) is 6.08 Å². The summed E-state index contributed by atoms with van der Waals surface area (Å²) in [5, 5.41) is 1.13. The van der Waals surface area contributed by atoms with Gasteiger partial charge in [-0.3, -0.25) is 14.5 Å². The number of ether oxygens (including phenoxy) is 2. The van der Waals surface area contributed by atoms with Gasteiger partial charge in [-0.25, -0.2) is 0 Å². The molecule has 0 aromatic heterocycles. The van der Waals surface area contributed by atoms with Crippen LogP contribution in [0.15, 0.2) is 47.4 Å². The minimum absolute atomic E-state index is 0.148. The largest absolute Gasteiger partial charge is 0.489 e. The average molecular weight is 524 g/mol. The molecule has 2 aromatic rings. The van der Waals surface area contributed by atoms with Gasteiger partial charge in [0.15, 0.2) is 0 Å². The molecule has 9 heteroatoms. The molecule has 1 saturated heterocycles. The number of halogens is 2. The number of rotatable bonds is 10. The molecule has 1 heterocycles. The van der Waals surface area contributed by atoms with E-state index < -0.39 is 0 Å². The van der Waals surface area contributed by atoms with E-state index in [0.29, 0.717) is 51.2 Å². The minimum atomic E-state index is -0.251. The van der Waals surface area contributed by atoms with Crippen molar-refractivity contribution >= 4 is 69.5 Å². The zero-order valence-electron chi connectivity index (χ0n) is 18.0. The van der Waals surface area contributed by atoms with E-state index in [1.54, 1.807) is 18.2 Å². The Morgan fingerprint density at radius 1 is 1.18 bits per heavy atom. The molecule has 0 saturated carbocycles. The topological polar surface area (TPSA) is 55.8 Å². The van der Waals surface area contributed by atoms with Crippen LogP contribution in [-0.2, 0) is 20.9 Å². The van der Waals surface area contributed by atoms with Gasteiger partial charge in [-0.2, -0.15) is 0 Å². The van der Waals surface area contributed by atoms with E-state index in [0.717, 1.165) is 17.5 Å². The quantitative estimate of drug-likeness (QED) is 0.201. The van der Waals surface area contributed by atoms with Crippen LogP contribution >= 0.6 is 47.2 Å². The molecule has 0 radical (unpaired) electrons. The molecule has 5 nitrogen and oxygen atoms in total. The Balaban J connectivity index is 1.54. The molecule has 0 atom stereocenters. The predicted molar refractivity (Wildman–Crippen MR) is 138 cm³/mol. The summed E-state index contributed by atoms with van der Waals surface area (Å²) in [6, 6.07) is 12.7. The van der Waals surface area contributed by atoms with Crippen molar-refractivity contribution in [2.45, 2.75) is 32.8 Å². The summed E-state index contributed by atoms with van der Waals surface area (Å²) >= 11 is 18.7. The van der Waals surface area contributed by atoms with Crippen LogP contribution in [0.4, 0.5) is 0 Å². The summed E-state index contributed by atoms with van der Waals surface area (Å²) in [7, 11) is 0. The Morgan fingerprint density at radius 3 is 2.64 bits per heavy atom. The molecular weight excluding hydrogens is 501 g/mol. The summed E-state index contributed by atoms with van der Waals surface area (Å²) in [5.74, 6) is 0.281. The second-order valence-electron chi connectivity index (χ2n) is 7.25. The lowest BCUT2D eigenvalue weighted by Gasteiger charge is -2.13. The Hall–Kier alpha value is -2.06. The third-order valence-corrected chi connectivity index (χ3v) is 6.66. The van der Waals surface area contributed by atoms with Gasteiger partial charge in [-0.05, 0) is 48.7 Å². The highest BCUT2D eigenvalue weighted by Crippen LogP contribution is 2.33. The average Bonchev–Trinajstić information content (AvgIpc) is 3.05. The van der Waals surface area contributed by atoms with Crippen molar-refractivity contribution in [2.75, 3.05) is 13.2 Å². The maximum atomic E-state index is 12.7. The van der Waals surface area contributed by atoms with E-state index in [1.165, 1.54) is 16.7 Å². The number of carbonyl (C=O) groups excluding carboxylic acids is 2. The lowest BCUT2D eigenvalue weighted by molar-refractivity contribution is -0.144. The number of thioether (sulfide) groups is 1. The molecule has 33 heavy (non-hydrogen) atoms. The molecular formula is C24H23Cl2NO4S2. The van der Waals surface area contributed by atoms with Crippen molar-refractivity contribution in [1.82, 2.24) is 4.90 Å². The van der Waals surface area contributed by atoms with E-state index in [9.17, 15) is 9.59 Å². The van der Waals surface area contributed by atoms with Crippen LogP contribution in [0, 0.1) is 0 Å². The smallest absolute Gasteiger partial charge is 0.305 e. The number of thiocarbonyl (C=S) groups is 1. The van der Waals surface area contributed by atoms with Gasteiger partial charge in [0.05, 0.1) is 11.5 Å². The van der Waals surface area contributed by atoms with Crippen LogP contribution < -0.4 is 4.74 Å². The predicted octanol–water partition coefficient (Wildman–Crippen LogP) is 6.51. The highest BCUT2D eigenvalue weighted by atomic mass is 35.5. The van der Waals surface area contributed by atoms with Crippen LogP contribution in [0.5, 0.6) is 5.75 Å². The minimum Gasteiger partial charge on any atom is -0.489 e. The first-order chi connectivity index (χ1) is 15.9. The van der Waals surface area contributed by atoms with Crippen LogP contribution in [0.2, 0.25) is 10.0 Å². The fraction of sp³-hybridized carbons (Fsp3) is 0.292. The molecule has 1 amide bonds.